The summed E-state index contributed by atoms with van der Waals surface area (Å²) < 4.78 is 22.5. The summed E-state index contributed by atoms with van der Waals surface area (Å²) in [4.78, 5) is 4.20. The first-order valence-electron chi connectivity index (χ1n) is 2.71. The fourth-order valence-corrected chi connectivity index (χ4v) is 0.753. The van der Waals surface area contributed by atoms with Crippen LogP contribution in [0.4, 0.5) is 0 Å². The molecule has 0 fully saturated rings. The molecule has 0 aromatic rings. The molecule has 0 amide bonds. The van der Waals surface area contributed by atoms with Gasteiger partial charge in [-0.1, -0.05) is 0 Å². The summed E-state index contributed by atoms with van der Waals surface area (Å²) in [7, 11) is -1.61. The maximum Gasteiger partial charge on any atom is 0.211 e. The van der Waals surface area contributed by atoms with Crippen LogP contribution in [0.3, 0.4) is 0 Å². The fraction of sp³-hybridized carbons (Fsp3) is 1.00. The van der Waals surface area contributed by atoms with Gasteiger partial charge in [-0.3, -0.25) is 0 Å². The van der Waals surface area contributed by atoms with Crippen molar-refractivity contribution < 1.29 is 13.3 Å². The van der Waals surface area contributed by atoms with Gasteiger partial charge in [0, 0.05) is 13.6 Å². The number of likely N-dealkylation sites (N-methyl/N-ethyl adjacent to an activating group) is 1. The quantitative estimate of drug-likeness (QED) is 0.533. The van der Waals surface area contributed by atoms with Gasteiger partial charge >= 0.3 is 0 Å². The number of nitrogens with zero attached hydrogens (tertiary/aromatic N) is 1. The topological polar surface area (TPSA) is 72.6 Å². The molecule has 5 nitrogen and oxygen atoms in total. The van der Waals surface area contributed by atoms with E-state index in [1.165, 1.54) is 11.4 Å². The molecule has 0 atom stereocenters. The minimum absolute atomic E-state index is 0.212. The standard InChI is InChI=1S/C4H12N2O3S/c1-6(3-4-9-5)10(2,7)8/h3-5H2,1-2H3. The second-order valence-electron chi connectivity index (χ2n) is 1.96. The van der Waals surface area contributed by atoms with Crippen LogP contribution in [0.2, 0.25) is 0 Å². The third-order valence-corrected chi connectivity index (χ3v) is 2.41. The van der Waals surface area contributed by atoms with E-state index in [-0.39, 0.29) is 13.2 Å². The zero-order valence-corrected chi connectivity index (χ0v) is 6.89. The molecule has 2 N–H and O–H groups in total. The van der Waals surface area contributed by atoms with Gasteiger partial charge in [0.1, 0.15) is 0 Å². The van der Waals surface area contributed by atoms with Crippen LogP contribution >= 0.6 is 0 Å². The Balaban J connectivity index is 3.75. The van der Waals surface area contributed by atoms with Crippen LogP contribution in [0.5, 0.6) is 0 Å². The lowest BCUT2D eigenvalue weighted by Crippen LogP contribution is -2.29. The molecule has 0 aromatic heterocycles. The highest BCUT2D eigenvalue weighted by Gasteiger charge is 2.08. The highest BCUT2D eigenvalue weighted by Crippen LogP contribution is 1.90. The van der Waals surface area contributed by atoms with Gasteiger partial charge in [-0.15, -0.1) is 0 Å². The molecule has 62 valence electrons. The van der Waals surface area contributed by atoms with Gasteiger partial charge in [0.15, 0.2) is 0 Å². The Morgan fingerprint density at radius 1 is 1.60 bits per heavy atom. The Morgan fingerprint density at radius 3 is 2.40 bits per heavy atom. The molecule has 0 unspecified atom stereocenters. The lowest BCUT2D eigenvalue weighted by Gasteiger charge is -2.11. The molecule has 10 heavy (non-hydrogen) atoms. The highest BCUT2D eigenvalue weighted by molar-refractivity contribution is 7.88. The molecular formula is C4H12N2O3S. The molecule has 0 bridgehead atoms. The molecule has 0 rings (SSSR count). The first-order chi connectivity index (χ1) is 4.48. The van der Waals surface area contributed by atoms with Gasteiger partial charge < -0.3 is 4.84 Å². The van der Waals surface area contributed by atoms with Crippen LogP contribution in [0, 0.1) is 0 Å². The van der Waals surface area contributed by atoms with Crippen LogP contribution in [-0.2, 0) is 14.9 Å². The molecule has 0 aliphatic carbocycles. The van der Waals surface area contributed by atoms with Gasteiger partial charge in [-0.2, -0.15) is 0 Å². The highest BCUT2D eigenvalue weighted by atomic mass is 32.2. The van der Waals surface area contributed by atoms with Crippen LogP contribution in [0.15, 0.2) is 0 Å². The Kier molecular flexibility index (Phi) is 3.80. The molecule has 0 aromatic carbocycles. The number of rotatable bonds is 4. The predicted octanol–water partition coefficient (Wildman–Crippen LogP) is -1.23. The molecule has 6 heteroatoms. The lowest BCUT2D eigenvalue weighted by molar-refractivity contribution is 0.129. The van der Waals surface area contributed by atoms with E-state index < -0.39 is 10.0 Å². The maximum atomic E-state index is 10.7. The predicted molar refractivity (Wildman–Crippen MR) is 37.6 cm³/mol. The Bertz CT molecular complexity index is 177. The average molecular weight is 168 g/mol. The second-order valence-corrected chi connectivity index (χ2v) is 4.04. The van der Waals surface area contributed by atoms with Crippen molar-refractivity contribution in [2.75, 3.05) is 26.5 Å². The van der Waals surface area contributed by atoms with Crippen molar-refractivity contribution in [1.82, 2.24) is 4.31 Å². The van der Waals surface area contributed by atoms with E-state index in [1.807, 2.05) is 0 Å². The van der Waals surface area contributed by atoms with Crippen molar-refractivity contribution in [3.8, 4) is 0 Å². The third kappa shape index (κ3) is 3.78. The Labute approximate surface area is 60.8 Å². The Hall–Kier alpha value is -0.170. The van der Waals surface area contributed by atoms with Gasteiger partial charge in [-0.25, -0.2) is 18.6 Å². The molecule has 0 spiro atoms. The summed E-state index contributed by atoms with van der Waals surface area (Å²) in [6, 6.07) is 0. The number of nitrogens with two attached hydrogens (primary N) is 1. The Morgan fingerprint density at radius 2 is 2.10 bits per heavy atom. The van der Waals surface area contributed by atoms with Gasteiger partial charge in [0.05, 0.1) is 12.9 Å². The van der Waals surface area contributed by atoms with Crippen molar-refractivity contribution in [2.45, 2.75) is 0 Å². The van der Waals surface area contributed by atoms with E-state index in [9.17, 15) is 8.42 Å². The summed E-state index contributed by atoms with van der Waals surface area (Å²) in [5, 5.41) is 0. The molecule has 0 saturated carbocycles. The normalized spacial score (nSPS) is 12.4. The van der Waals surface area contributed by atoms with E-state index in [4.69, 9.17) is 5.90 Å². The van der Waals surface area contributed by atoms with E-state index in [0.29, 0.717) is 0 Å². The minimum Gasteiger partial charge on any atom is -0.303 e. The van der Waals surface area contributed by atoms with Crippen molar-refractivity contribution in [2.24, 2.45) is 5.90 Å². The second kappa shape index (κ2) is 3.87. The van der Waals surface area contributed by atoms with Crippen LogP contribution in [-0.4, -0.2) is 39.2 Å². The van der Waals surface area contributed by atoms with E-state index >= 15 is 0 Å². The molecule has 0 heterocycles. The molecule has 0 saturated heterocycles. The smallest absolute Gasteiger partial charge is 0.211 e. The van der Waals surface area contributed by atoms with Crippen LogP contribution < -0.4 is 5.90 Å². The molecular weight excluding hydrogens is 156 g/mol. The van der Waals surface area contributed by atoms with Crippen LogP contribution in [0.1, 0.15) is 0 Å². The van der Waals surface area contributed by atoms with Gasteiger partial charge in [-0.05, 0) is 0 Å². The van der Waals surface area contributed by atoms with Gasteiger partial charge in [0.25, 0.3) is 0 Å². The SMILES string of the molecule is CN(CCON)S(C)(=O)=O. The molecule has 0 radical (unpaired) electrons. The number of hydrogen-bond acceptors (Lipinski definition) is 4. The summed E-state index contributed by atoms with van der Waals surface area (Å²) in [6.07, 6.45) is 1.13. The summed E-state index contributed by atoms with van der Waals surface area (Å²) in [5.41, 5.74) is 0. The third-order valence-electron chi connectivity index (χ3n) is 1.09. The average Bonchev–Trinajstić information content (AvgIpc) is 1.80. The molecule has 0 aliphatic heterocycles. The van der Waals surface area contributed by atoms with E-state index in [2.05, 4.69) is 4.84 Å². The monoisotopic (exact) mass is 168 g/mol. The van der Waals surface area contributed by atoms with Crippen molar-refractivity contribution in [3.63, 3.8) is 0 Å². The summed E-state index contributed by atoms with van der Waals surface area (Å²) >= 11 is 0. The number of sulfonamides is 1. The largest absolute Gasteiger partial charge is 0.303 e. The summed E-state index contributed by atoms with van der Waals surface area (Å²) in [6.45, 7) is 0.499. The number of hydrogen-bond donors (Lipinski definition) is 1. The first-order valence-corrected chi connectivity index (χ1v) is 4.56. The lowest BCUT2D eigenvalue weighted by atomic mass is 10.7. The van der Waals surface area contributed by atoms with Crippen molar-refractivity contribution in [3.05, 3.63) is 0 Å². The summed E-state index contributed by atoms with van der Waals surface area (Å²) in [5.74, 6) is 4.70. The fourth-order valence-electron chi connectivity index (χ4n) is 0.347. The van der Waals surface area contributed by atoms with Crippen molar-refractivity contribution >= 4 is 10.0 Å². The van der Waals surface area contributed by atoms with Gasteiger partial charge in [0.2, 0.25) is 10.0 Å². The van der Waals surface area contributed by atoms with E-state index in [1.54, 1.807) is 0 Å². The minimum atomic E-state index is -3.08. The zero-order chi connectivity index (χ0) is 8.20. The maximum absolute atomic E-state index is 10.7. The zero-order valence-electron chi connectivity index (χ0n) is 6.07. The first kappa shape index (κ1) is 9.83. The molecule has 0 aliphatic rings. The van der Waals surface area contributed by atoms with E-state index in [0.717, 1.165) is 6.26 Å². The van der Waals surface area contributed by atoms with Crippen LogP contribution in [0.25, 0.3) is 0 Å². The van der Waals surface area contributed by atoms with Crippen molar-refractivity contribution in [1.29, 1.82) is 0 Å².